The topological polar surface area (TPSA) is 160 Å². The maximum atomic E-state index is 15.0. The number of aliphatic hydroxyl groups excluding tert-OH is 1. The van der Waals surface area contributed by atoms with Crippen LogP contribution in [0.5, 0.6) is 0 Å². The normalized spacial score (nSPS) is 19.8. The van der Waals surface area contributed by atoms with Gasteiger partial charge < -0.3 is 10.4 Å². The van der Waals surface area contributed by atoms with Gasteiger partial charge in [0.15, 0.2) is 11.6 Å². The summed E-state index contributed by atoms with van der Waals surface area (Å²) in [6, 6.07) is 25.6. The van der Waals surface area contributed by atoms with Gasteiger partial charge in [-0.2, -0.15) is 0 Å². The molecule has 1 aliphatic carbocycles. The number of anilines is 2. The molecule has 0 spiro atoms. The van der Waals surface area contributed by atoms with Gasteiger partial charge in [0, 0.05) is 12.1 Å². The Morgan fingerprint density at radius 3 is 2.36 bits per heavy atom. The number of ketones is 1. The Balaban J connectivity index is 1.45. The number of amidine groups is 1. The molecule has 1 atom stereocenters. The maximum Gasteiger partial charge on any atom is 0.229 e. The monoisotopic (exact) mass is 674 g/mol. The van der Waals surface area contributed by atoms with Crippen molar-refractivity contribution in [3.05, 3.63) is 107 Å². The first-order chi connectivity index (χ1) is 22.1. The Hall–Kier alpha value is -4.20. The summed E-state index contributed by atoms with van der Waals surface area (Å²) in [4.78, 5) is 14.9. The van der Waals surface area contributed by atoms with Crippen LogP contribution >= 0.6 is 10.8 Å². The fraction of sp³-hybridized carbons (Fsp3) is 0.257. The number of hydrogen-bond donors (Lipinski definition) is 6. The fourth-order valence-electron chi connectivity index (χ4n) is 6.10. The number of sulfonamides is 1. The van der Waals surface area contributed by atoms with Crippen LogP contribution in [0.4, 0.5) is 11.4 Å². The van der Waals surface area contributed by atoms with Crippen LogP contribution < -0.4 is 15.4 Å². The number of hydrogen-bond acceptors (Lipinski definition) is 9. The minimum Gasteiger partial charge on any atom is -0.506 e. The highest BCUT2D eigenvalue weighted by Crippen LogP contribution is 2.57. The van der Waals surface area contributed by atoms with E-state index in [0.29, 0.717) is 30.5 Å². The molecule has 10 nitrogen and oxygen atoms in total. The first kappa shape index (κ1) is 32.7. The summed E-state index contributed by atoms with van der Waals surface area (Å²) in [7, 11) is -7.55. The minimum absolute atomic E-state index is 0.0490. The number of Topliss-reactive ketones (excluding diaryl/α,β-unsaturated/α-hetero) is 1. The van der Waals surface area contributed by atoms with Gasteiger partial charge in [0.1, 0.15) is 21.8 Å². The summed E-state index contributed by atoms with van der Waals surface area (Å²) >= 11 is 0. The van der Waals surface area contributed by atoms with Gasteiger partial charge in [-0.15, -0.1) is 4.40 Å². The SMILES string of the molecule is CC(C)(C)CCC1(NCc2ccc3ccccc3c2)C(=O)C(C2=NS(O)(O)c3cc(NS(C)(=O)=O)ccc3N2)=C(O)c2ccccc21. The molecule has 0 aromatic heterocycles. The molecule has 1 unspecified atom stereocenters. The standard InChI is InChI=1S/C35H38N4O6S2/c1-34(2,3)17-18-35(36-21-22-13-14-23-9-5-6-10-24(23)19-22)27-12-8-7-11-26(27)31(40)30(32(35)41)33-37-28-16-15-25(38-46(4,42)43)20-29(28)47(44,45)39-33/h5-16,19-20,36,38,40,44-45H,17-18,21H2,1-4H3,(H,37,39). The van der Waals surface area contributed by atoms with Crippen molar-refractivity contribution < 1.29 is 27.4 Å². The van der Waals surface area contributed by atoms with Crippen LogP contribution in [0.2, 0.25) is 0 Å². The molecule has 1 aliphatic heterocycles. The largest absolute Gasteiger partial charge is 0.506 e. The molecule has 0 fully saturated rings. The van der Waals surface area contributed by atoms with E-state index in [2.05, 4.69) is 46.6 Å². The lowest BCUT2D eigenvalue weighted by molar-refractivity contribution is -0.122. The second-order valence-electron chi connectivity index (χ2n) is 13.3. The number of carbonyl (C=O) groups is 1. The number of rotatable bonds is 8. The molecule has 12 heteroatoms. The van der Waals surface area contributed by atoms with E-state index in [0.717, 1.165) is 22.6 Å². The summed E-state index contributed by atoms with van der Waals surface area (Å²) in [5.74, 6) is -0.977. The quantitative estimate of drug-likeness (QED) is 0.113. The third kappa shape index (κ3) is 6.52. The second kappa shape index (κ2) is 11.8. The zero-order chi connectivity index (χ0) is 33.8. The predicted octanol–water partition coefficient (Wildman–Crippen LogP) is 7.42. The van der Waals surface area contributed by atoms with Crippen molar-refractivity contribution in [3.63, 3.8) is 0 Å². The predicted molar refractivity (Wildman–Crippen MR) is 189 cm³/mol. The first-order valence-corrected chi connectivity index (χ1v) is 18.5. The molecule has 2 aliphatic rings. The molecule has 246 valence electrons. The van der Waals surface area contributed by atoms with E-state index in [1.165, 1.54) is 18.2 Å². The number of benzene rings is 4. The maximum absolute atomic E-state index is 15.0. The molecule has 4 aromatic rings. The van der Waals surface area contributed by atoms with E-state index in [1.54, 1.807) is 12.1 Å². The smallest absolute Gasteiger partial charge is 0.229 e. The number of nitrogens with zero attached hydrogens (tertiary/aromatic N) is 1. The summed E-state index contributed by atoms with van der Waals surface area (Å²) in [6.07, 6.45) is 2.03. The Kier molecular flexibility index (Phi) is 8.22. The molecule has 1 heterocycles. The van der Waals surface area contributed by atoms with Crippen LogP contribution in [0.3, 0.4) is 0 Å². The Morgan fingerprint density at radius 2 is 1.64 bits per heavy atom. The average molecular weight is 675 g/mol. The van der Waals surface area contributed by atoms with E-state index < -0.39 is 32.1 Å². The summed E-state index contributed by atoms with van der Waals surface area (Å²) in [5.41, 5.74) is 0.752. The van der Waals surface area contributed by atoms with Crippen LogP contribution in [0.25, 0.3) is 16.5 Å². The van der Waals surface area contributed by atoms with Crippen LogP contribution in [-0.4, -0.2) is 40.5 Å². The van der Waals surface area contributed by atoms with Gasteiger partial charge in [0.2, 0.25) is 10.0 Å². The third-order valence-corrected chi connectivity index (χ3v) is 10.4. The van der Waals surface area contributed by atoms with Crippen molar-refractivity contribution in [1.82, 2.24) is 5.32 Å². The lowest BCUT2D eigenvalue weighted by Gasteiger charge is -2.42. The van der Waals surface area contributed by atoms with Crippen LogP contribution in [0.15, 0.2) is 99.8 Å². The van der Waals surface area contributed by atoms with Crippen LogP contribution in [0, 0.1) is 5.41 Å². The molecule has 0 bridgehead atoms. The zero-order valence-corrected chi connectivity index (χ0v) is 28.2. The van der Waals surface area contributed by atoms with Crippen molar-refractivity contribution in [2.75, 3.05) is 16.3 Å². The highest BCUT2D eigenvalue weighted by atomic mass is 32.3. The first-order valence-electron chi connectivity index (χ1n) is 15.1. The van der Waals surface area contributed by atoms with Gasteiger partial charge in [-0.25, -0.2) is 8.42 Å². The van der Waals surface area contributed by atoms with Gasteiger partial charge in [-0.1, -0.05) is 92.2 Å². The summed E-state index contributed by atoms with van der Waals surface area (Å²) in [5, 5.41) is 20.5. The molecule has 0 radical (unpaired) electrons. The molecular formula is C35H38N4O6S2. The van der Waals surface area contributed by atoms with E-state index in [4.69, 9.17) is 0 Å². The van der Waals surface area contributed by atoms with Crippen LogP contribution in [-0.2, 0) is 26.9 Å². The Labute approximate surface area is 276 Å². The van der Waals surface area contributed by atoms with E-state index in [9.17, 15) is 27.4 Å². The number of aliphatic hydroxyl groups is 1. The fourth-order valence-corrected chi connectivity index (χ4v) is 7.84. The zero-order valence-electron chi connectivity index (χ0n) is 26.5. The van der Waals surface area contributed by atoms with Crippen molar-refractivity contribution in [3.8, 4) is 0 Å². The highest BCUT2D eigenvalue weighted by Gasteiger charge is 2.49. The Morgan fingerprint density at radius 1 is 0.936 bits per heavy atom. The summed E-state index contributed by atoms with van der Waals surface area (Å²) in [6.45, 7) is 6.65. The van der Waals surface area contributed by atoms with Crippen LogP contribution in [0.1, 0.15) is 50.3 Å². The van der Waals surface area contributed by atoms with Crippen molar-refractivity contribution in [2.45, 2.75) is 50.6 Å². The molecular weight excluding hydrogens is 637 g/mol. The van der Waals surface area contributed by atoms with E-state index in [-0.39, 0.29) is 38.9 Å². The molecule has 4 aromatic carbocycles. The third-order valence-electron chi connectivity index (χ3n) is 8.44. The molecule has 0 saturated heterocycles. The second-order valence-corrected chi connectivity index (χ2v) is 16.7. The van der Waals surface area contributed by atoms with Gasteiger partial charge in [0.05, 0.1) is 17.6 Å². The summed E-state index contributed by atoms with van der Waals surface area (Å²) < 4.78 is 52.5. The minimum atomic E-state index is -3.92. The molecule has 0 amide bonds. The molecule has 6 rings (SSSR count). The molecule has 0 saturated carbocycles. The van der Waals surface area contributed by atoms with Crippen molar-refractivity contribution in [1.29, 1.82) is 0 Å². The van der Waals surface area contributed by atoms with Crippen molar-refractivity contribution >= 4 is 60.3 Å². The number of carbonyl (C=O) groups excluding carboxylic acids is 1. The lowest BCUT2D eigenvalue weighted by Crippen LogP contribution is -2.53. The lowest BCUT2D eigenvalue weighted by atomic mass is 9.69. The van der Waals surface area contributed by atoms with E-state index >= 15 is 0 Å². The number of fused-ring (bicyclic) bond motifs is 3. The average Bonchev–Trinajstić information content (AvgIpc) is 3.00. The Bertz CT molecular complexity index is 2090. The highest BCUT2D eigenvalue weighted by molar-refractivity contribution is 8.23. The molecule has 6 N–H and O–H groups in total. The van der Waals surface area contributed by atoms with Crippen molar-refractivity contribution in [2.24, 2.45) is 9.81 Å². The number of nitrogens with one attached hydrogen (secondary N) is 3. The van der Waals surface area contributed by atoms with E-state index in [1.807, 2.05) is 48.5 Å². The van der Waals surface area contributed by atoms with Gasteiger partial charge in [-0.05, 0) is 64.4 Å². The van der Waals surface area contributed by atoms with Gasteiger partial charge in [0.25, 0.3) is 0 Å². The molecule has 47 heavy (non-hydrogen) atoms. The van der Waals surface area contributed by atoms with Gasteiger partial charge in [-0.3, -0.25) is 23.9 Å². The van der Waals surface area contributed by atoms with Gasteiger partial charge >= 0.3 is 0 Å².